The second-order valence-corrected chi connectivity index (χ2v) is 4.66. The van der Waals surface area contributed by atoms with Crippen LogP contribution < -0.4 is 10.2 Å². The van der Waals surface area contributed by atoms with Crippen molar-refractivity contribution >= 4 is 11.5 Å². The van der Waals surface area contributed by atoms with Gasteiger partial charge in [-0.25, -0.2) is 4.98 Å². The van der Waals surface area contributed by atoms with Crippen LogP contribution in [0, 0.1) is 0 Å². The van der Waals surface area contributed by atoms with E-state index in [0.717, 1.165) is 37.6 Å². The Labute approximate surface area is 120 Å². The molecule has 0 aromatic carbocycles. The van der Waals surface area contributed by atoms with E-state index < -0.39 is 0 Å². The predicted octanol–water partition coefficient (Wildman–Crippen LogP) is 1.92. The molecule has 20 heavy (non-hydrogen) atoms. The van der Waals surface area contributed by atoms with E-state index in [1.54, 1.807) is 7.11 Å². The molecule has 0 radical (unpaired) electrons. The lowest BCUT2D eigenvalue weighted by molar-refractivity contribution is 0.205. The zero-order valence-corrected chi connectivity index (χ0v) is 12.6. The van der Waals surface area contributed by atoms with Crippen molar-refractivity contribution in [2.45, 2.75) is 20.4 Å². The molecule has 5 nitrogen and oxygen atoms in total. The molecule has 2 heterocycles. The largest absolute Gasteiger partial charge is 0.383 e. The summed E-state index contributed by atoms with van der Waals surface area (Å²) in [6, 6.07) is 6.11. The van der Waals surface area contributed by atoms with Crippen LogP contribution in [0.3, 0.4) is 0 Å². The first-order valence-corrected chi connectivity index (χ1v) is 7.22. The number of likely N-dealkylation sites (N-methyl/N-ethyl adjacent to an activating group) is 1. The number of pyridine rings is 1. The molecule has 0 atom stereocenters. The molecule has 0 unspecified atom stereocenters. The number of nitrogens with zero attached hydrogens (tertiary/aromatic N) is 3. The van der Waals surface area contributed by atoms with Crippen LogP contribution in [-0.4, -0.2) is 42.7 Å². The summed E-state index contributed by atoms with van der Waals surface area (Å²) in [5.74, 6) is 1.05. The summed E-state index contributed by atoms with van der Waals surface area (Å²) in [6.07, 6.45) is 2.07. The number of hydrogen-bond acceptors (Lipinski definition) is 4. The highest BCUT2D eigenvalue weighted by Crippen LogP contribution is 2.21. The fourth-order valence-corrected chi connectivity index (χ4v) is 2.31. The Morgan fingerprint density at radius 2 is 2.20 bits per heavy atom. The van der Waals surface area contributed by atoms with Crippen LogP contribution >= 0.6 is 0 Å². The molecule has 0 aliphatic heterocycles. The van der Waals surface area contributed by atoms with Gasteiger partial charge in [-0.15, -0.1) is 0 Å². The highest BCUT2D eigenvalue weighted by molar-refractivity contribution is 5.56. The lowest BCUT2D eigenvalue weighted by Gasteiger charge is -2.21. The standard InChI is InChI=1S/C15H24N4O/c1-4-16-12-13-15(18(5-2)10-11-20-3)17-14-8-6-7-9-19(13)14/h6-9,16H,4-5,10-12H2,1-3H3. The molecule has 2 aromatic heterocycles. The molecule has 0 amide bonds. The molecule has 110 valence electrons. The zero-order chi connectivity index (χ0) is 14.4. The number of methoxy groups -OCH3 is 1. The van der Waals surface area contributed by atoms with E-state index in [0.29, 0.717) is 6.61 Å². The molecular weight excluding hydrogens is 252 g/mol. The monoisotopic (exact) mass is 276 g/mol. The van der Waals surface area contributed by atoms with Crippen LogP contribution in [0.2, 0.25) is 0 Å². The van der Waals surface area contributed by atoms with Gasteiger partial charge in [0, 0.05) is 32.9 Å². The van der Waals surface area contributed by atoms with Gasteiger partial charge in [0.25, 0.3) is 0 Å². The molecule has 0 bridgehead atoms. The summed E-state index contributed by atoms with van der Waals surface area (Å²) in [6.45, 7) is 8.52. The topological polar surface area (TPSA) is 41.8 Å². The summed E-state index contributed by atoms with van der Waals surface area (Å²) in [5.41, 5.74) is 2.20. The van der Waals surface area contributed by atoms with E-state index in [2.05, 4.69) is 34.7 Å². The maximum atomic E-state index is 5.20. The van der Waals surface area contributed by atoms with Gasteiger partial charge in [0.2, 0.25) is 0 Å². The average Bonchev–Trinajstić information content (AvgIpc) is 2.84. The van der Waals surface area contributed by atoms with Crippen LogP contribution in [-0.2, 0) is 11.3 Å². The minimum Gasteiger partial charge on any atom is -0.383 e. The molecule has 0 fully saturated rings. The molecule has 0 saturated heterocycles. The fourth-order valence-electron chi connectivity index (χ4n) is 2.31. The number of aromatic nitrogens is 2. The molecule has 0 spiro atoms. The molecule has 5 heteroatoms. The maximum absolute atomic E-state index is 5.20. The van der Waals surface area contributed by atoms with Gasteiger partial charge in [-0.2, -0.15) is 0 Å². The number of hydrogen-bond donors (Lipinski definition) is 1. The van der Waals surface area contributed by atoms with Crippen LogP contribution in [0.15, 0.2) is 24.4 Å². The Morgan fingerprint density at radius 3 is 2.90 bits per heavy atom. The van der Waals surface area contributed by atoms with Crippen molar-refractivity contribution in [3.8, 4) is 0 Å². The first-order chi connectivity index (χ1) is 9.81. The van der Waals surface area contributed by atoms with Gasteiger partial charge in [-0.05, 0) is 25.6 Å². The summed E-state index contributed by atoms with van der Waals surface area (Å²) >= 11 is 0. The third-order valence-corrected chi connectivity index (χ3v) is 3.40. The highest BCUT2D eigenvalue weighted by atomic mass is 16.5. The summed E-state index contributed by atoms with van der Waals surface area (Å²) in [5, 5.41) is 3.40. The summed E-state index contributed by atoms with van der Waals surface area (Å²) < 4.78 is 7.36. The van der Waals surface area contributed by atoms with E-state index >= 15 is 0 Å². The first-order valence-electron chi connectivity index (χ1n) is 7.22. The SMILES string of the molecule is CCNCc1c(N(CC)CCOC)nc2ccccn12. The second-order valence-electron chi connectivity index (χ2n) is 4.66. The van der Waals surface area contributed by atoms with E-state index in [1.807, 2.05) is 18.2 Å². The molecule has 2 rings (SSSR count). The van der Waals surface area contributed by atoms with Crippen molar-refractivity contribution in [1.29, 1.82) is 0 Å². The number of nitrogens with one attached hydrogen (secondary N) is 1. The number of imidazole rings is 1. The molecule has 1 N–H and O–H groups in total. The Hall–Kier alpha value is -1.59. The van der Waals surface area contributed by atoms with Crippen LogP contribution in [0.4, 0.5) is 5.82 Å². The summed E-state index contributed by atoms with van der Waals surface area (Å²) in [7, 11) is 1.73. The Kier molecular flexibility index (Phi) is 5.38. The molecule has 0 aliphatic rings. The number of fused-ring (bicyclic) bond motifs is 1. The van der Waals surface area contributed by atoms with Gasteiger partial charge in [0.1, 0.15) is 5.65 Å². The van der Waals surface area contributed by atoms with Crippen LogP contribution in [0.5, 0.6) is 0 Å². The van der Waals surface area contributed by atoms with Crippen LogP contribution in [0.25, 0.3) is 5.65 Å². The number of ether oxygens (including phenoxy) is 1. The van der Waals surface area contributed by atoms with Gasteiger partial charge in [0.05, 0.1) is 12.3 Å². The van der Waals surface area contributed by atoms with Crippen molar-refractivity contribution < 1.29 is 4.74 Å². The van der Waals surface area contributed by atoms with Crippen molar-refractivity contribution in [2.24, 2.45) is 0 Å². The molecular formula is C15H24N4O. The lowest BCUT2D eigenvalue weighted by atomic mass is 10.3. The maximum Gasteiger partial charge on any atom is 0.152 e. The Balaban J connectivity index is 2.38. The van der Waals surface area contributed by atoms with Crippen molar-refractivity contribution in [3.63, 3.8) is 0 Å². The van der Waals surface area contributed by atoms with Gasteiger partial charge in [-0.1, -0.05) is 13.0 Å². The van der Waals surface area contributed by atoms with Gasteiger partial charge in [0.15, 0.2) is 5.82 Å². The van der Waals surface area contributed by atoms with Gasteiger partial charge >= 0.3 is 0 Å². The van der Waals surface area contributed by atoms with Gasteiger partial charge < -0.3 is 19.4 Å². The van der Waals surface area contributed by atoms with Crippen molar-refractivity contribution in [1.82, 2.24) is 14.7 Å². The summed E-state index contributed by atoms with van der Waals surface area (Å²) in [4.78, 5) is 7.05. The predicted molar refractivity (Wildman–Crippen MR) is 82.3 cm³/mol. The van der Waals surface area contributed by atoms with Crippen LogP contribution in [0.1, 0.15) is 19.5 Å². The second kappa shape index (κ2) is 7.26. The Morgan fingerprint density at radius 1 is 1.35 bits per heavy atom. The minimum atomic E-state index is 0.711. The van der Waals surface area contributed by atoms with E-state index in [9.17, 15) is 0 Å². The fraction of sp³-hybridized carbons (Fsp3) is 0.533. The third-order valence-electron chi connectivity index (χ3n) is 3.40. The van der Waals surface area contributed by atoms with Crippen molar-refractivity contribution in [2.75, 3.05) is 38.3 Å². The molecule has 0 saturated carbocycles. The quantitative estimate of drug-likeness (QED) is 0.800. The third kappa shape index (κ3) is 3.11. The first kappa shape index (κ1) is 14.8. The van der Waals surface area contributed by atoms with Gasteiger partial charge in [-0.3, -0.25) is 0 Å². The molecule has 0 aliphatic carbocycles. The lowest BCUT2D eigenvalue weighted by Crippen LogP contribution is -2.29. The normalized spacial score (nSPS) is 11.2. The van der Waals surface area contributed by atoms with E-state index in [1.165, 1.54) is 5.69 Å². The number of anilines is 1. The molecule has 2 aromatic rings. The average molecular weight is 276 g/mol. The zero-order valence-electron chi connectivity index (χ0n) is 12.6. The Bertz CT molecular complexity index is 538. The van der Waals surface area contributed by atoms with E-state index in [4.69, 9.17) is 9.72 Å². The van der Waals surface area contributed by atoms with Crippen molar-refractivity contribution in [3.05, 3.63) is 30.1 Å². The highest BCUT2D eigenvalue weighted by Gasteiger charge is 2.16. The number of rotatable bonds is 8. The minimum absolute atomic E-state index is 0.711. The van der Waals surface area contributed by atoms with E-state index in [-0.39, 0.29) is 0 Å². The smallest absolute Gasteiger partial charge is 0.152 e.